The minimum absolute atomic E-state index is 0.188. The molecule has 21 heavy (non-hydrogen) atoms. The molecule has 0 atom stereocenters. The summed E-state index contributed by atoms with van der Waals surface area (Å²) in [5, 5.41) is 0.968. The van der Waals surface area contributed by atoms with Gasteiger partial charge in [0.1, 0.15) is 5.82 Å². The van der Waals surface area contributed by atoms with Gasteiger partial charge in [-0.2, -0.15) is 12.6 Å². The Morgan fingerprint density at radius 2 is 2.14 bits per heavy atom. The molecule has 1 amide bonds. The number of carbonyl (C=O) groups is 1. The SMILES string of the molecule is O=C(CCS)N1CCC(c2c[nH]c3ccc(F)cc23)CC1. The van der Waals surface area contributed by atoms with Gasteiger partial charge in [0.25, 0.3) is 0 Å². The first-order valence-corrected chi connectivity index (χ1v) is 7.97. The molecule has 3 rings (SSSR count). The number of amides is 1. The molecule has 0 bridgehead atoms. The maximum Gasteiger partial charge on any atom is 0.223 e. The first-order chi connectivity index (χ1) is 10.2. The maximum atomic E-state index is 13.4. The van der Waals surface area contributed by atoms with Crippen LogP contribution in [0.25, 0.3) is 10.9 Å². The Morgan fingerprint density at radius 1 is 1.38 bits per heavy atom. The summed E-state index contributed by atoms with van der Waals surface area (Å²) in [7, 11) is 0. The summed E-state index contributed by atoms with van der Waals surface area (Å²) >= 11 is 4.11. The topological polar surface area (TPSA) is 36.1 Å². The summed E-state index contributed by atoms with van der Waals surface area (Å²) in [5.41, 5.74) is 2.14. The third kappa shape index (κ3) is 2.93. The lowest BCUT2D eigenvalue weighted by molar-refractivity contribution is -0.131. The molecule has 0 unspecified atom stereocenters. The van der Waals surface area contributed by atoms with Crippen molar-refractivity contribution in [2.75, 3.05) is 18.8 Å². The number of benzene rings is 1. The number of likely N-dealkylation sites (tertiary alicyclic amines) is 1. The molecule has 1 aliphatic rings. The summed E-state index contributed by atoms with van der Waals surface area (Å²) in [6, 6.07) is 4.85. The molecule has 0 spiro atoms. The van der Waals surface area contributed by atoms with Crippen LogP contribution >= 0.6 is 12.6 Å². The van der Waals surface area contributed by atoms with Gasteiger partial charge in [0.05, 0.1) is 0 Å². The highest BCUT2D eigenvalue weighted by Crippen LogP contribution is 2.33. The van der Waals surface area contributed by atoms with Gasteiger partial charge in [0, 0.05) is 36.6 Å². The predicted molar refractivity (Wildman–Crippen MR) is 85.3 cm³/mol. The Bertz CT molecular complexity index is 647. The van der Waals surface area contributed by atoms with Crippen molar-refractivity contribution in [3.05, 3.63) is 35.8 Å². The van der Waals surface area contributed by atoms with E-state index in [1.165, 1.54) is 11.6 Å². The second-order valence-corrected chi connectivity index (χ2v) is 6.01. The fraction of sp³-hybridized carbons (Fsp3) is 0.438. The molecule has 2 heterocycles. The van der Waals surface area contributed by atoms with Crippen LogP contribution in [-0.4, -0.2) is 34.6 Å². The zero-order valence-electron chi connectivity index (χ0n) is 11.8. The Labute approximate surface area is 128 Å². The third-order valence-corrected chi connectivity index (χ3v) is 4.51. The summed E-state index contributed by atoms with van der Waals surface area (Å²) < 4.78 is 13.4. The number of aromatic nitrogens is 1. The van der Waals surface area contributed by atoms with Gasteiger partial charge in [-0.1, -0.05) is 0 Å². The summed E-state index contributed by atoms with van der Waals surface area (Å²) in [4.78, 5) is 17.0. The number of rotatable bonds is 3. The molecule has 1 aliphatic heterocycles. The monoisotopic (exact) mass is 306 g/mol. The van der Waals surface area contributed by atoms with Crippen LogP contribution < -0.4 is 0 Å². The number of thiol groups is 1. The normalized spacial score (nSPS) is 16.6. The largest absolute Gasteiger partial charge is 0.361 e. The average Bonchev–Trinajstić information content (AvgIpc) is 2.90. The number of nitrogens with zero attached hydrogens (tertiary/aromatic N) is 1. The molecule has 3 nitrogen and oxygen atoms in total. The first-order valence-electron chi connectivity index (χ1n) is 7.34. The highest BCUT2D eigenvalue weighted by atomic mass is 32.1. The minimum atomic E-state index is -0.204. The van der Waals surface area contributed by atoms with E-state index in [4.69, 9.17) is 0 Å². The number of fused-ring (bicyclic) bond motifs is 1. The van der Waals surface area contributed by atoms with Gasteiger partial charge < -0.3 is 9.88 Å². The number of carbonyl (C=O) groups excluding carboxylic acids is 1. The number of halogens is 1. The lowest BCUT2D eigenvalue weighted by atomic mass is 9.89. The van der Waals surface area contributed by atoms with E-state index in [1.807, 2.05) is 11.1 Å². The van der Waals surface area contributed by atoms with Gasteiger partial charge in [-0.3, -0.25) is 4.79 Å². The van der Waals surface area contributed by atoms with E-state index in [1.54, 1.807) is 12.1 Å². The highest BCUT2D eigenvalue weighted by Gasteiger charge is 2.25. The number of H-pyrrole nitrogens is 1. The summed E-state index contributed by atoms with van der Waals surface area (Å²) in [6.45, 7) is 1.55. The average molecular weight is 306 g/mol. The van der Waals surface area contributed by atoms with Gasteiger partial charge in [-0.05, 0) is 48.3 Å². The number of piperidine rings is 1. The maximum absolute atomic E-state index is 13.4. The van der Waals surface area contributed by atoms with Crippen LogP contribution in [0.2, 0.25) is 0 Å². The predicted octanol–water partition coefficient (Wildman–Crippen LogP) is 3.33. The summed E-state index contributed by atoms with van der Waals surface area (Å²) in [5.74, 6) is 0.972. The van der Waals surface area contributed by atoms with Gasteiger partial charge in [-0.25, -0.2) is 4.39 Å². The van der Waals surface area contributed by atoms with E-state index < -0.39 is 0 Å². The molecular formula is C16H19FN2OS. The van der Waals surface area contributed by atoms with Crippen molar-refractivity contribution in [2.24, 2.45) is 0 Å². The molecule has 0 aliphatic carbocycles. The number of aromatic amines is 1. The van der Waals surface area contributed by atoms with Crippen molar-refractivity contribution in [3.8, 4) is 0 Å². The summed E-state index contributed by atoms with van der Waals surface area (Å²) in [6.07, 6.45) is 4.36. The Morgan fingerprint density at radius 3 is 2.86 bits per heavy atom. The Balaban J connectivity index is 1.74. The van der Waals surface area contributed by atoms with E-state index in [0.29, 0.717) is 18.1 Å². The quantitative estimate of drug-likeness (QED) is 0.838. The van der Waals surface area contributed by atoms with Gasteiger partial charge in [0.15, 0.2) is 0 Å². The molecule has 1 saturated heterocycles. The molecule has 1 aromatic carbocycles. The number of hydrogen-bond acceptors (Lipinski definition) is 2. The molecule has 0 saturated carbocycles. The van der Waals surface area contributed by atoms with Gasteiger partial charge in [0.2, 0.25) is 5.91 Å². The number of nitrogens with one attached hydrogen (secondary N) is 1. The van der Waals surface area contributed by atoms with Crippen molar-refractivity contribution >= 4 is 29.4 Å². The van der Waals surface area contributed by atoms with Crippen molar-refractivity contribution in [3.63, 3.8) is 0 Å². The smallest absolute Gasteiger partial charge is 0.223 e. The van der Waals surface area contributed by atoms with Crippen LogP contribution in [0.5, 0.6) is 0 Å². The number of hydrogen-bond donors (Lipinski definition) is 2. The zero-order valence-corrected chi connectivity index (χ0v) is 12.7. The second kappa shape index (κ2) is 6.10. The fourth-order valence-corrected chi connectivity index (χ4v) is 3.34. The van der Waals surface area contributed by atoms with Crippen LogP contribution in [0, 0.1) is 5.82 Å². The van der Waals surface area contributed by atoms with Crippen molar-refractivity contribution < 1.29 is 9.18 Å². The highest BCUT2D eigenvalue weighted by molar-refractivity contribution is 7.80. The third-order valence-electron chi connectivity index (χ3n) is 4.29. The van der Waals surface area contributed by atoms with E-state index >= 15 is 0 Å². The lowest BCUT2D eigenvalue weighted by Crippen LogP contribution is -2.37. The van der Waals surface area contributed by atoms with Gasteiger partial charge >= 0.3 is 0 Å². The van der Waals surface area contributed by atoms with Crippen molar-refractivity contribution in [1.29, 1.82) is 0 Å². The molecule has 1 fully saturated rings. The van der Waals surface area contributed by atoms with E-state index in [2.05, 4.69) is 17.6 Å². The second-order valence-electron chi connectivity index (χ2n) is 5.56. The fourth-order valence-electron chi connectivity index (χ4n) is 3.15. The molecule has 112 valence electrons. The van der Waals surface area contributed by atoms with Crippen LogP contribution in [0.3, 0.4) is 0 Å². The van der Waals surface area contributed by atoms with Gasteiger partial charge in [-0.15, -0.1) is 0 Å². The van der Waals surface area contributed by atoms with Crippen LogP contribution in [0.1, 0.15) is 30.7 Å². The zero-order chi connectivity index (χ0) is 14.8. The van der Waals surface area contributed by atoms with Crippen LogP contribution in [0.4, 0.5) is 4.39 Å². The molecule has 5 heteroatoms. The van der Waals surface area contributed by atoms with Crippen molar-refractivity contribution in [2.45, 2.75) is 25.2 Å². The molecular weight excluding hydrogens is 287 g/mol. The first kappa shape index (κ1) is 14.4. The van der Waals surface area contributed by atoms with E-state index in [9.17, 15) is 9.18 Å². The van der Waals surface area contributed by atoms with Crippen LogP contribution in [-0.2, 0) is 4.79 Å². The molecule has 1 aromatic heterocycles. The molecule has 0 radical (unpaired) electrons. The van der Waals surface area contributed by atoms with Crippen molar-refractivity contribution in [1.82, 2.24) is 9.88 Å². The van der Waals surface area contributed by atoms with Crippen LogP contribution in [0.15, 0.2) is 24.4 Å². The Kier molecular flexibility index (Phi) is 4.19. The van der Waals surface area contributed by atoms with E-state index in [-0.39, 0.29) is 11.7 Å². The standard InChI is InChI=1S/C16H19FN2OS/c17-12-1-2-15-13(9-12)14(10-18-15)11-3-6-19(7-4-11)16(20)5-8-21/h1-2,9-11,18,21H,3-8H2. The van der Waals surface area contributed by atoms with E-state index in [0.717, 1.165) is 36.8 Å². The molecule has 2 aromatic rings. The lowest BCUT2D eigenvalue weighted by Gasteiger charge is -2.32. The molecule has 1 N–H and O–H groups in total. The Hall–Kier alpha value is -1.49. The minimum Gasteiger partial charge on any atom is -0.361 e.